The monoisotopic (exact) mass is 181 g/mol. The molecule has 0 aromatic heterocycles. The fourth-order valence-electron chi connectivity index (χ4n) is 2.34. The lowest BCUT2D eigenvalue weighted by molar-refractivity contribution is 0.239. The Hall–Kier alpha value is -0.460. The highest BCUT2D eigenvalue weighted by Gasteiger charge is 2.24. The van der Waals surface area contributed by atoms with E-state index in [1.165, 1.54) is 31.4 Å². The van der Waals surface area contributed by atoms with Gasteiger partial charge in [0.25, 0.3) is 0 Å². The van der Waals surface area contributed by atoms with E-state index in [9.17, 15) is 0 Å². The van der Waals surface area contributed by atoms with E-state index >= 15 is 0 Å². The molecule has 0 aliphatic heterocycles. The SMILES string of the molecule is C=C(NC)C1CCC(C(C)C)CC1. The highest BCUT2D eigenvalue weighted by molar-refractivity contribution is 4.98. The minimum absolute atomic E-state index is 0.736. The Balaban J connectivity index is 2.34. The van der Waals surface area contributed by atoms with Gasteiger partial charge in [0.2, 0.25) is 0 Å². The highest BCUT2D eigenvalue weighted by atomic mass is 14.8. The van der Waals surface area contributed by atoms with Crippen molar-refractivity contribution in [2.45, 2.75) is 39.5 Å². The molecule has 0 heterocycles. The fraction of sp³-hybridized carbons (Fsp3) is 0.833. The second kappa shape index (κ2) is 4.69. The molecule has 76 valence electrons. The Labute approximate surface area is 82.6 Å². The molecule has 0 amide bonds. The predicted molar refractivity (Wildman–Crippen MR) is 58.5 cm³/mol. The van der Waals surface area contributed by atoms with Crippen molar-refractivity contribution in [3.8, 4) is 0 Å². The van der Waals surface area contributed by atoms with Crippen molar-refractivity contribution in [2.75, 3.05) is 7.05 Å². The summed E-state index contributed by atoms with van der Waals surface area (Å²) in [6.07, 6.45) is 5.46. The molecule has 1 aliphatic rings. The summed E-state index contributed by atoms with van der Waals surface area (Å²) in [5.41, 5.74) is 1.24. The second-order valence-corrected chi connectivity index (χ2v) is 4.63. The Morgan fingerprint density at radius 1 is 1.23 bits per heavy atom. The molecule has 0 bridgehead atoms. The summed E-state index contributed by atoms with van der Waals surface area (Å²) in [4.78, 5) is 0. The van der Waals surface area contributed by atoms with Crippen LogP contribution in [0.15, 0.2) is 12.3 Å². The smallest absolute Gasteiger partial charge is 0.00625 e. The maximum atomic E-state index is 4.06. The average Bonchev–Trinajstić information content (AvgIpc) is 2.17. The maximum absolute atomic E-state index is 4.06. The van der Waals surface area contributed by atoms with Gasteiger partial charge in [0.05, 0.1) is 0 Å². The molecule has 1 nitrogen and oxygen atoms in total. The van der Waals surface area contributed by atoms with E-state index in [1.54, 1.807) is 0 Å². The van der Waals surface area contributed by atoms with Crippen LogP contribution in [-0.2, 0) is 0 Å². The molecule has 0 saturated heterocycles. The van der Waals surface area contributed by atoms with Gasteiger partial charge < -0.3 is 5.32 Å². The Morgan fingerprint density at radius 3 is 2.15 bits per heavy atom. The Kier molecular flexibility index (Phi) is 3.83. The number of allylic oxidation sites excluding steroid dienone is 1. The standard InChI is InChI=1S/C12H23N/c1-9(2)11-5-7-12(8-6-11)10(3)13-4/h9,11-13H,3,5-8H2,1-2,4H3. The molecule has 0 radical (unpaired) electrons. The van der Waals surface area contributed by atoms with Crippen LogP contribution in [0.1, 0.15) is 39.5 Å². The van der Waals surface area contributed by atoms with E-state index in [2.05, 4.69) is 25.7 Å². The summed E-state index contributed by atoms with van der Waals surface area (Å²) in [6, 6.07) is 0. The molecule has 0 unspecified atom stereocenters. The molecule has 1 heteroatoms. The van der Waals surface area contributed by atoms with Gasteiger partial charge in [0.15, 0.2) is 0 Å². The highest BCUT2D eigenvalue weighted by Crippen LogP contribution is 2.35. The largest absolute Gasteiger partial charge is 0.392 e. The van der Waals surface area contributed by atoms with Crippen LogP contribution < -0.4 is 5.32 Å². The molecule has 0 spiro atoms. The van der Waals surface area contributed by atoms with E-state index in [0.717, 1.165) is 17.8 Å². The second-order valence-electron chi connectivity index (χ2n) is 4.63. The lowest BCUT2D eigenvalue weighted by atomic mass is 9.76. The van der Waals surface area contributed by atoms with Crippen molar-refractivity contribution in [3.63, 3.8) is 0 Å². The number of hydrogen-bond donors (Lipinski definition) is 1. The lowest BCUT2D eigenvalue weighted by Crippen LogP contribution is -2.23. The van der Waals surface area contributed by atoms with Crippen LogP contribution in [0.25, 0.3) is 0 Å². The fourth-order valence-corrected chi connectivity index (χ4v) is 2.34. The van der Waals surface area contributed by atoms with Crippen LogP contribution in [0.3, 0.4) is 0 Å². The first-order valence-corrected chi connectivity index (χ1v) is 5.51. The molecule has 0 aromatic carbocycles. The number of hydrogen-bond acceptors (Lipinski definition) is 1. The van der Waals surface area contributed by atoms with Crippen molar-refractivity contribution < 1.29 is 0 Å². The van der Waals surface area contributed by atoms with Crippen LogP contribution in [-0.4, -0.2) is 7.05 Å². The van der Waals surface area contributed by atoms with Crippen LogP contribution in [0.4, 0.5) is 0 Å². The van der Waals surface area contributed by atoms with Crippen molar-refractivity contribution in [2.24, 2.45) is 17.8 Å². The molecule has 0 aromatic rings. The van der Waals surface area contributed by atoms with Crippen LogP contribution in [0.2, 0.25) is 0 Å². The molecular formula is C12H23N. The lowest BCUT2D eigenvalue weighted by Gasteiger charge is -2.31. The number of rotatable bonds is 3. The average molecular weight is 181 g/mol. The van der Waals surface area contributed by atoms with Crippen molar-refractivity contribution in [1.82, 2.24) is 5.32 Å². The first-order valence-electron chi connectivity index (χ1n) is 5.51. The quantitative estimate of drug-likeness (QED) is 0.705. The minimum atomic E-state index is 0.736. The molecule has 1 fully saturated rings. The summed E-state index contributed by atoms with van der Waals surface area (Å²) in [6.45, 7) is 8.75. The normalized spacial score (nSPS) is 28.9. The van der Waals surface area contributed by atoms with E-state index in [-0.39, 0.29) is 0 Å². The van der Waals surface area contributed by atoms with Gasteiger partial charge >= 0.3 is 0 Å². The third-order valence-corrected chi connectivity index (χ3v) is 3.53. The molecule has 1 saturated carbocycles. The van der Waals surface area contributed by atoms with Gasteiger partial charge in [0.1, 0.15) is 0 Å². The number of nitrogens with one attached hydrogen (secondary N) is 1. The van der Waals surface area contributed by atoms with E-state index in [0.29, 0.717) is 0 Å². The summed E-state index contributed by atoms with van der Waals surface area (Å²) in [5, 5.41) is 3.18. The molecule has 0 atom stereocenters. The van der Waals surface area contributed by atoms with Crippen molar-refractivity contribution in [3.05, 3.63) is 12.3 Å². The van der Waals surface area contributed by atoms with Crippen molar-refractivity contribution >= 4 is 0 Å². The topological polar surface area (TPSA) is 12.0 Å². The molecular weight excluding hydrogens is 158 g/mol. The van der Waals surface area contributed by atoms with Gasteiger partial charge in [-0.15, -0.1) is 0 Å². The molecule has 1 rings (SSSR count). The molecule has 1 aliphatic carbocycles. The van der Waals surface area contributed by atoms with Crippen LogP contribution >= 0.6 is 0 Å². The van der Waals surface area contributed by atoms with E-state index in [1.807, 2.05) is 7.05 Å². The molecule has 1 N–H and O–H groups in total. The van der Waals surface area contributed by atoms with Gasteiger partial charge in [-0.25, -0.2) is 0 Å². The molecule has 13 heavy (non-hydrogen) atoms. The summed E-state index contributed by atoms with van der Waals surface area (Å²) < 4.78 is 0. The Morgan fingerprint density at radius 2 is 1.77 bits per heavy atom. The zero-order chi connectivity index (χ0) is 9.84. The van der Waals surface area contributed by atoms with Gasteiger partial charge in [-0.1, -0.05) is 20.4 Å². The summed E-state index contributed by atoms with van der Waals surface area (Å²) >= 11 is 0. The first kappa shape index (κ1) is 10.6. The minimum Gasteiger partial charge on any atom is -0.392 e. The van der Waals surface area contributed by atoms with Gasteiger partial charge in [0, 0.05) is 12.7 Å². The van der Waals surface area contributed by atoms with Gasteiger partial charge in [-0.2, -0.15) is 0 Å². The van der Waals surface area contributed by atoms with Crippen LogP contribution in [0.5, 0.6) is 0 Å². The van der Waals surface area contributed by atoms with E-state index in [4.69, 9.17) is 0 Å². The zero-order valence-corrected chi connectivity index (χ0v) is 9.27. The maximum Gasteiger partial charge on any atom is 0.00625 e. The first-order chi connectivity index (χ1) is 6.15. The summed E-state index contributed by atoms with van der Waals surface area (Å²) in [5.74, 6) is 2.56. The van der Waals surface area contributed by atoms with Gasteiger partial charge in [-0.05, 0) is 43.4 Å². The van der Waals surface area contributed by atoms with Crippen LogP contribution in [0, 0.1) is 17.8 Å². The zero-order valence-electron chi connectivity index (χ0n) is 9.27. The Bertz CT molecular complexity index is 164. The van der Waals surface area contributed by atoms with Gasteiger partial charge in [-0.3, -0.25) is 0 Å². The summed E-state index contributed by atoms with van der Waals surface area (Å²) in [7, 11) is 1.98. The van der Waals surface area contributed by atoms with Crippen molar-refractivity contribution in [1.29, 1.82) is 0 Å². The van der Waals surface area contributed by atoms with E-state index < -0.39 is 0 Å². The predicted octanol–water partition coefficient (Wildman–Crippen LogP) is 3.18. The third kappa shape index (κ3) is 2.75. The third-order valence-electron chi connectivity index (χ3n) is 3.53.